The molecule has 2 aromatic carbocycles. The van der Waals surface area contributed by atoms with Crippen molar-refractivity contribution in [3.05, 3.63) is 71.5 Å². The van der Waals surface area contributed by atoms with E-state index in [1.165, 1.54) is 0 Å². The van der Waals surface area contributed by atoms with Gasteiger partial charge in [-0.3, -0.25) is 19.3 Å². The fraction of sp³-hybridized carbons (Fsp3) is 0.190. The molecule has 1 aromatic heterocycles. The van der Waals surface area contributed by atoms with Gasteiger partial charge >= 0.3 is 0 Å². The number of carbonyl (C=O) groups excluding carboxylic acids is 3. The summed E-state index contributed by atoms with van der Waals surface area (Å²) in [6.07, 6.45) is 0. The molecule has 4 rings (SSSR count). The Morgan fingerprint density at radius 3 is 2.19 bits per heavy atom. The Hall–Kier alpha value is -3.41. The minimum atomic E-state index is -0.927. The summed E-state index contributed by atoms with van der Waals surface area (Å²) in [4.78, 5) is 38.7. The number of para-hydroxylation sites is 1. The van der Waals surface area contributed by atoms with Gasteiger partial charge in [-0.25, -0.2) is 0 Å². The van der Waals surface area contributed by atoms with E-state index in [1.54, 1.807) is 38.1 Å². The van der Waals surface area contributed by atoms with E-state index in [-0.39, 0.29) is 0 Å². The number of carbonyl (C=O) groups is 3. The lowest BCUT2D eigenvalue weighted by Gasteiger charge is -2.23. The minimum Gasteiger partial charge on any atom is -0.459 e. The number of nitrogens with one attached hydrogen (secondary N) is 1. The zero-order valence-corrected chi connectivity index (χ0v) is 14.9. The van der Waals surface area contributed by atoms with Crippen molar-refractivity contribution >= 4 is 28.7 Å². The van der Waals surface area contributed by atoms with Crippen LogP contribution in [0.15, 0.2) is 59.0 Å². The Balaban J connectivity index is 1.51. The largest absolute Gasteiger partial charge is 0.459 e. The van der Waals surface area contributed by atoms with Gasteiger partial charge in [-0.05, 0) is 38.1 Å². The molecule has 0 spiro atoms. The first-order chi connectivity index (χ1) is 13.0. The summed E-state index contributed by atoms with van der Waals surface area (Å²) >= 11 is 0. The van der Waals surface area contributed by atoms with Crippen molar-refractivity contribution in [2.75, 3.05) is 0 Å². The lowest BCUT2D eigenvalue weighted by Crippen LogP contribution is -2.48. The topological polar surface area (TPSA) is 79.6 Å². The summed E-state index contributed by atoms with van der Waals surface area (Å²) in [5, 5.41) is 3.77. The Morgan fingerprint density at radius 1 is 0.963 bits per heavy atom. The standard InChI is InChI=1S/C21H18N2O4/c1-12(18-11-14-7-3-6-10-17(14)27-18)22-19(24)13(2)23-20(25)15-8-4-5-9-16(15)21(23)26/h3-13H,1-2H3,(H,22,24). The summed E-state index contributed by atoms with van der Waals surface area (Å²) in [5.41, 5.74) is 1.39. The third kappa shape index (κ3) is 2.79. The van der Waals surface area contributed by atoms with Gasteiger partial charge in [0.2, 0.25) is 5.91 Å². The zero-order chi connectivity index (χ0) is 19.1. The fourth-order valence-electron chi connectivity index (χ4n) is 3.30. The van der Waals surface area contributed by atoms with Gasteiger partial charge in [0.15, 0.2) is 0 Å². The number of imide groups is 1. The molecule has 0 saturated heterocycles. The molecule has 136 valence electrons. The first-order valence-corrected chi connectivity index (χ1v) is 8.73. The van der Waals surface area contributed by atoms with Crippen LogP contribution in [0, 0.1) is 0 Å². The predicted octanol–water partition coefficient (Wildman–Crippen LogP) is 3.29. The number of nitrogens with zero attached hydrogens (tertiary/aromatic N) is 1. The summed E-state index contributed by atoms with van der Waals surface area (Å²) < 4.78 is 5.77. The Bertz CT molecular complexity index is 1000. The van der Waals surface area contributed by atoms with E-state index in [1.807, 2.05) is 30.3 Å². The van der Waals surface area contributed by atoms with Gasteiger partial charge in [-0.2, -0.15) is 0 Å². The third-order valence-electron chi connectivity index (χ3n) is 4.82. The maximum Gasteiger partial charge on any atom is 0.262 e. The zero-order valence-electron chi connectivity index (χ0n) is 14.9. The molecule has 6 nitrogen and oxygen atoms in total. The van der Waals surface area contributed by atoms with Gasteiger partial charge in [0, 0.05) is 5.39 Å². The molecule has 6 heteroatoms. The number of hydrogen-bond donors (Lipinski definition) is 1. The van der Waals surface area contributed by atoms with E-state index in [9.17, 15) is 14.4 Å². The summed E-state index contributed by atoms with van der Waals surface area (Å²) in [5.74, 6) is -0.708. The maximum atomic E-state index is 12.7. The molecule has 1 aliphatic heterocycles. The number of hydrogen-bond acceptors (Lipinski definition) is 4. The van der Waals surface area contributed by atoms with Crippen molar-refractivity contribution in [3.8, 4) is 0 Å². The van der Waals surface area contributed by atoms with E-state index in [0.29, 0.717) is 16.9 Å². The van der Waals surface area contributed by atoms with Gasteiger partial charge in [0.05, 0.1) is 17.2 Å². The van der Waals surface area contributed by atoms with Crippen molar-refractivity contribution in [2.24, 2.45) is 0 Å². The molecule has 0 bridgehead atoms. The summed E-state index contributed by atoms with van der Waals surface area (Å²) in [6, 6.07) is 14.7. The molecular formula is C21H18N2O4. The van der Waals surface area contributed by atoms with Gasteiger partial charge in [-0.1, -0.05) is 30.3 Å². The van der Waals surface area contributed by atoms with Crippen LogP contribution in [-0.4, -0.2) is 28.7 Å². The van der Waals surface area contributed by atoms with Crippen LogP contribution in [0.5, 0.6) is 0 Å². The van der Waals surface area contributed by atoms with Crippen LogP contribution in [0.1, 0.15) is 46.4 Å². The predicted molar refractivity (Wildman–Crippen MR) is 99.2 cm³/mol. The molecular weight excluding hydrogens is 344 g/mol. The van der Waals surface area contributed by atoms with Crippen molar-refractivity contribution in [3.63, 3.8) is 0 Å². The number of benzene rings is 2. The first kappa shape index (κ1) is 17.0. The molecule has 0 aliphatic carbocycles. The molecule has 0 fully saturated rings. The molecule has 2 atom stereocenters. The molecule has 2 heterocycles. The second-order valence-corrected chi connectivity index (χ2v) is 6.62. The second kappa shape index (κ2) is 6.39. The highest BCUT2D eigenvalue weighted by molar-refractivity contribution is 6.22. The van der Waals surface area contributed by atoms with E-state index < -0.39 is 29.8 Å². The van der Waals surface area contributed by atoms with Crippen LogP contribution in [0.4, 0.5) is 0 Å². The average molecular weight is 362 g/mol. The quantitative estimate of drug-likeness (QED) is 0.722. The molecule has 3 aromatic rings. The monoisotopic (exact) mass is 362 g/mol. The molecule has 3 amide bonds. The smallest absolute Gasteiger partial charge is 0.262 e. The molecule has 2 unspecified atom stereocenters. The number of fused-ring (bicyclic) bond motifs is 2. The van der Waals surface area contributed by atoms with Gasteiger partial charge in [0.25, 0.3) is 11.8 Å². The van der Waals surface area contributed by atoms with E-state index in [2.05, 4.69) is 5.32 Å². The Morgan fingerprint density at radius 2 is 1.56 bits per heavy atom. The van der Waals surface area contributed by atoms with E-state index in [4.69, 9.17) is 4.42 Å². The third-order valence-corrected chi connectivity index (χ3v) is 4.82. The molecule has 1 aliphatic rings. The van der Waals surface area contributed by atoms with Crippen LogP contribution in [0.25, 0.3) is 11.0 Å². The van der Waals surface area contributed by atoms with Crippen molar-refractivity contribution in [2.45, 2.75) is 25.9 Å². The Kier molecular flexibility index (Phi) is 4.03. The highest BCUT2D eigenvalue weighted by Crippen LogP contribution is 2.26. The highest BCUT2D eigenvalue weighted by Gasteiger charge is 2.40. The first-order valence-electron chi connectivity index (χ1n) is 8.73. The van der Waals surface area contributed by atoms with Crippen LogP contribution in [0.3, 0.4) is 0 Å². The van der Waals surface area contributed by atoms with Gasteiger partial charge in [-0.15, -0.1) is 0 Å². The van der Waals surface area contributed by atoms with E-state index in [0.717, 1.165) is 15.9 Å². The summed E-state index contributed by atoms with van der Waals surface area (Å²) in [7, 11) is 0. The Labute approximate surface area is 155 Å². The van der Waals surface area contributed by atoms with Crippen LogP contribution >= 0.6 is 0 Å². The lowest BCUT2D eigenvalue weighted by atomic mass is 10.1. The van der Waals surface area contributed by atoms with E-state index >= 15 is 0 Å². The SMILES string of the molecule is CC(NC(=O)C(C)N1C(=O)c2ccccc2C1=O)c1cc2ccccc2o1. The van der Waals surface area contributed by atoms with Crippen LogP contribution in [-0.2, 0) is 4.79 Å². The maximum absolute atomic E-state index is 12.7. The van der Waals surface area contributed by atoms with Crippen molar-refractivity contribution < 1.29 is 18.8 Å². The highest BCUT2D eigenvalue weighted by atomic mass is 16.3. The van der Waals surface area contributed by atoms with Gasteiger partial charge in [0.1, 0.15) is 17.4 Å². The molecule has 0 saturated carbocycles. The van der Waals surface area contributed by atoms with Crippen LogP contribution in [0.2, 0.25) is 0 Å². The lowest BCUT2D eigenvalue weighted by molar-refractivity contribution is -0.125. The summed E-state index contributed by atoms with van der Waals surface area (Å²) in [6.45, 7) is 3.34. The van der Waals surface area contributed by atoms with Crippen molar-refractivity contribution in [1.29, 1.82) is 0 Å². The molecule has 0 radical (unpaired) electrons. The molecule has 27 heavy (non-hydrogen) atoms. The normalized spacial score (nSPS) is 15.7. The van der Waals surface area contributed by atoms with Gasteiger partial charge < -0.3 is 9.73 Å². The molecule has 1 N–H and O–H groups in total. The van der Waals surface area contributed by atoms with Crippen molar-refractivity contribution in [1.82, 2.24) is 10.2 Å². The second-order valence-electron chi connectivity index (χ2n) is 6.62. The number of furan rings is 1. The average Bonchev–Trinajstić information content (AvgIpc) is 3.21. The minimum absolute atomic E-state index is 0.326. The van der Waals surface area contributed by atoms with Crippen LogP contribution < -0.4 is 5.32 Å². The number of rotatable bonds is 4. The number of amides is 3. The fourth-order valence-corrected chi connectivity index (χ4v) is 3.30.